The van der Waals surface area contributed by atoms with Gasteiger partial charge in [0.2, 0.25) is 0 Å². The van der Waals surface area contributed by atoms with E-state index in [2.05, 4.69) is 22.5 Å². The third-order valence-electron chi connectivity index (χ3n) is 6.56. The van der Waals surface area contributed by atoms with Crippen molar-refractivity contribution in [3.8, 4) is 11.5 Å². The molecule has 3 aromatic rings. The molecule has 0 bridgehead atoms. The van der Waals surface area contributed by atoms with Crippen LogP contribution in [0.15, 0.2) is 48.5 Å². The van der Waals surface area contributed by atoms with Gasteiger partial charge in [-0.1, -0.05) is 24.3 Å². The number of ether oxygens (including phenoxy) is 2. The van der Waals surface area contributed by atoms with E-state index < -0.39 is 0 Å². The Hall–Kier alpha value is -3.81. The molecule has 1 aliphatic carbocycles. The van der Waals surface area contributed by atoms with Crippen molar-refractivity contribution in [1.82, 2.24) is 20.0 Å². The minimum absolute atomic E-state index is 0.0357. The lowest BCUT2D eigenvalue weighted by atomic mass is 9.87. The number of carbonyl (C=O) groups excluding carboxylic acids is 2. The van der Waals surface area contributed by atoms with Crippen molar-refractivity contribution in [1.29, 1.82) is 0 Å². The Morgan fingerprint density at radius 1 is 1.09 bits per heavy atom. The van der Waals surface area contributed by atoms with Gasteiger partial charge in [-0.3, -0.25) is 14.3 Å². The number of hydrogen-bond donors (Lipinski definition) is 1. The molecule has 2 aromatic carbocycles. The van der Waals surface area contributed by atoms with Crippen molar-refractivity contribution in [2.45, 2.75) is 38.4 Å². The maximum Gasteiger partial charge on any atom is 0.272 e. The Morgan fingerprint density at radius 3 is 2.62 bits per heavy atom. The van der Waals surface area contributed by atoms with E-state index in [0.29, 0.717) is 36.8 Å². The molecule has 0 fully saturated rings. The molecule has 2 amide bonds. The first-order valence-corrected chi connectivity index (χ1v) is 11.5. The predicted molar refractivity (Wildman–Crippen MR) is 126 cm³/mol. The number of aromatic nitrogens is 2. The average molecular weight is 461 g/mol. The molecule has 176 valence electrons. The Bertz CT molecular complexity index is 1210. The lowest BCUT2D eigenvalue weighted by molar-refractivity contribution is 0.0682. The molecule has 1 N–H and O–H groups in total. The molecule has 5 rings (SSSR count). The normalized spacial score (nSPS) is 17.1. The number of fused-ring (bicyclic) bond motifs is 2. The van der Waals surface area contributed by atoms with Crippen molar-refractivity contribution in [2.75, 3.05) is 20.8 Å². The van der Waals surface area contributed by atoms with Gasteiger partial charge in [0.15, 0.2) is 5.69 Å². The summed E-state index contributed by atoms with van der Waals surface area (Å²) in [6.45, 7) is 1.45. The topological polar surface area (TPSA) is 85.7 Å². The van der Waals surface area contributed by atoms with Crippen molar-refractivity contribution >= 4 is 11.8 Å². The van der Waals surface area contributed by atoms with E-state index in [1.165, 1.54) is 11.1 Å². The summed E-state index contributed by atoms with van der Waals surface area (Å²) in [7, 11) is 3.20. The monoisotopic (exact) mass is 460 g/mol. The number of rotatable bonds is 6. The van der Waals surface area contributed by atoms with Crippen molar-refractivity contribution in [2.24, 2.45) is 0 Å². The number of aryl methyl sites for hydroxylation is 1. The van der Waals surface area contributed by atoms with E-state index in [9.17, 15) is 9.59 Å². The highest BCUT2D eigenvalue weighted by atomic mass is 16.5. The fourth-order valence-electron chi connectivity index (χ4n) is 4.81. The largest absolute Gasteiger partial charge is 0.497 e. The van der Waals surface area contributed by atoms with Crippen LogP contribution in [0, 0.1) is 0 Å². The molecule has 34 heavy (non-hydrogen) atoms. The standard InChI is InChI=1S/C26H28N4O4/c1-33-19-12-17(13-20(14-19)34-2)16-29-10-11-30-24(26(29)32)15-23(28-30)25(31)27-22-9-5-7-18-6-3-4-8-21(18)22/h3-4,6,8,12-15,22H,5,7,9-11,16H2,1-2H3,(H,27,31). The first-order chi connectivity index (χ1) is 16.6. The van der Waals surface area contributed by atoms with Crippen LogP contribution in [0.1, 0.15) is 56.6 Å². The molecule has 1 atom stereocenters. The highest BCUT2D eigenvalue weighted by molar-refractivity contribution is 5.98. The van der Waals surface area contributed by atoms with Crippen LogP contribution < -0.4 is 14.8 Å². The van der Waals surface area contributed by atoms with Gasteiger partial charge in [-0.25, -0.2) is 0 Å². The van der Waals surface area contributed by atoms with Gasteiger partial charge in [-0.15, -0.1) is 0 Å². The van der Waals surface area contributed by atoms with Gasteiger partial charge >= 0.3 is 0 Å². The zero-order valence-electron chi connectivity index (χ0n) is 19.4. The van der Waals surface area contributed by atoms with Gasteiger partial charge in [0.05, 0.1) is 26.8 Å². The zero-order chi connectivity index (χ0) is 23.7. The molecule has 0 saturated heterocycles. The van der Waals surface area contributed by atoms with Gasteiger partial charge in [-0.05, 0) is 48.1 Å². The van der Waals surface area contributed by atoms with E-state index in [4.69, 9.17) is 9.47 Å². The smallest absolute Gasteiger partial charge is 0.272 e. The molecule has 0 spiro atoms. The number of methoxy groups -OCH3 is 2. The summed E-state index contributed by atoms with van der Waals surface area (Å²) in [6.07, 6.45) is 2.96. The van der Waals surface area contributed by atoms with Crippen molar-refractivity contribution in [3.63, 3.8) is 0 Å². The zero-order valence-corrected chi connectivity index (χ0v) is 19.4. The van der Waals surface area contributed by atoms with Crippen molar-refractivity contribution < 1.29 is 19.1 Å². The summed E-state index contributed by atoms with van der Waals surface area (Å²) in [5.41, 5.74) is 4.06. The van der Waals surface area contributed by atoms with Crippen LogP contribution in [0.3, 0.4) is 0 Å². The van der Waals surface area contributed by atoms with Crippen LogP contribution in [-0.2, 0) is 19.5 Å². The Morgan fingerprint density at radius 2 is 1.85 bits per heavy atom. The summed E-state index contributed by atoms with van der Waals surface area (Å²) in [5, 5.41) is 7.56. The molecule has 0 saturated carbocycles. The van der Waals surface area contributed by atoms with Crippen LogP contribution in [0.2, 0.25) is 0 Å². The third kappa shape index (κ3) is 4.23. The highest BCUT2D eigenvalue weighted by Gasteiger charge is 2.29. The van der Waals surface area contributed by atoms with Crippen molar-refractivity contribution in [3.05, 3.63) is 76.6 Å². The summed E-state index contributed by atoms with van der Waals surface area (Å²) in [4.78, 5) is 28.0. The van der Waals surface area contributed by atoms with Gasteiger partial charge in [0.1, 0.15) is 17.2 Å². The lowest BCUT2D eigenvalue weighted by Crippen LogP contribution is -2.39. The molecule has 0 radical (unpaired) electrons. The van der Waals surface area contributed by atoms with Crippen LogP contribution >= 0.6 is 0 Å². The molecule has 2 heterocycles. The fraction of sp³-hybridized carbons (Fsp3) is 0.346. The van der Waals surface area contributed by atoms with E-state index in [1.807, 2.05) is 24.3 Å². The molecule has 1 aliphatic heterocycles. The molecule has 1 aromatic heterocycles. The molecule has 1 unspecified atom stereocenters. The number of amides is 2. The summed E-state index contributed by atoms with van der Waals surface area (Å²) >= 11 is 0. The Labute approximate surface area is 198 Å². The maximum atomic E-state index is 13.2. The second-order valence-corrected chi connectivity index (χ2v) is 8.70. The first-order valence-electron chi connectivity index (χ1n) is 11.5. The lowest BCUT2D eigenvalue weighted by Gasteiger charge is -2.27. The summed E-state index contributed by atoms with van der Waals surface area (Å²) in [6, 6.07) is 15.4. The molecular weight excluding hydrogens is 432 g/mol. The maximum absolute atomic E-state index is 13.2. The van der Waals surface area contributed by atoms with Crippen LogP contribution in [-0.4, -0.2) is 47.3 Å². The Kier molecular flexibility index (Phi) is 5.96. The third-order valence-corrected chi connectivity index (χ3v) is 6.56. The molecule has 8 heteroatoms. The van der Waals surface area contributed by atoms with Gasteiger partial charge < -0.3 is 19.7 Å². The van der Waals surface area contributed by atoms with E-state index in [1.54, 1.807) is 35.9 Å². The minimum Gasteiger partial charge on any atom is -0.497 e. The van der Waals surface area contributed by atoms with Gasteiger partial charge in [-0.2, -0.15) is 5.10 Å². The molecular formula is C26H28N4O4. The van der Waals surface area contributed by atoms with Crippen LogP contribution in [0.5, 0.6) is 11.5 Å². The number of nitrogens with zero attached hydrogens (tertiary/aromatic N) is 3. The first kappa shape index (κ1) is 22.0. The number of carbonyl (C=O) groups is 2. The second-order valence-electron chi connectivity index (χ2n) is 8.70. The van der Waals surface area contributed by atoms with Crippen LogP contribution in [0.25, 0.3) is 0 Å². The van der Waals surface area contributed by atoms with Crippen LogP contribution in [0.4, 0.5) is 0 Å². The van der Waals surface area contributed by atoms with E-state index in [-0.39, 0.29) is 23.6 Å². The van der Waals surface area contributed by atoms with E-state index in [0.717, 1.165) is 24.8 Å². The quantitative estimate of drug-likeness (QED) is 0.610. The number of nitrogens with one attached hydrogen (secondary N) is 1. The summed E-state index contributed by atoms with van der Waals surface area (Å²) in [5.74, 6) is 0.947. The van der Waals surface area contributed by atoms with Gasteiger partial charge in [0, 0.05) is 25.2 Å². The Balaban J connectivity index is 1.31. The van der Waals surface area contributed by atoms with E-state index >= 15 is 0 Å². The fourth-order valence-corrected chi connectivity index (χ4v) is 4.81. The average Bonchev–Trinajstić information content (AvgIpc) is 3.31. The highest BCUT2D eigenvalue weighted by Crippen LogP contribution is 2.30. The second kappa shape index (κ2) is 9.21. The molecule has 8 nitrogen and oxygen atoms in total. The molecule has 2 aliphatic rings. The minimum atomic E-state index is -0.250. The van der Waals surface area contributed by atoms with Gasteiger partial charge in [0.25, 0.3) is 11.8 Å². The number of benzene rings is 2. The SMILES string of the molecule is COc1cc(CN2CCn3nc(C(=O)NC4CCCc5ccccc54)cc3C2=O)cc(OC)c1. The predicted octanol–water partition coefficient (Wildman–Crippen LogP) is 3.36. The number of hydrogen-bond acceptors (Lipinski definition) is 5. The summed E-state index contributed by atoms with van der Waals surface area (Å²) < 4.78 is 12.3.